The number of nitrogens with two attached hydrogens (primary N) is 1. The smallest absolute Gasteiger partial charge is 0.332 e. The van der Waals surface area contributed by atoms with Gasteiger partial charge in [-0.25, -0.2) is 13.9 Å². The maximum Gasteiger partial charge on any atom is 0.332 e. The van der Waals surface area contributed by atoms with Crippen LogP contribution in [0.25, 0.3) is 0 Å². The van der Waals surface area contributed by atoms with E-state index >= 15 is 0 Å². The Morgan fingerprint density at radius 3 is 2.40 bits per heavy atom. The van der Waals surface area contributed by atoms with E-state index in [9.17, 15) is 14.4 Å². The molecule has 15 heavy (non-hydrogen) atoms. The van der Waals surface area contributed by atoms with Gasteiger partial charge in [0.15, 0.2) is 0 Å². The molecular formula is C7H10N4O3S. The van der Waals surface area contributed by atoms with Gasteiger partial charge in [0.05, 0.1) is 0 Å². The fourth-order valence-electron chi connectivity index (χ4n) is 1.04. The normalized spacial score (nSPS) is 10.1. The van der Waals surface area contributed by atoms with Gasteiger partial charge >= 0.3 is 11.7 Å². The zero-order chi connectivity index (χ0) is 11.7. The summed E-state index contributed by atoms with van der Waals surface area (Å²) in [6, 6.07) is 0.223. The number of primary amides is 1. The van der Waals surface area contributed by atoms with Crippen molar-refractivity contribution in [3.8, 4) is 0 Å². The van der Waals surface area contributed by atoms with E-state index in [1.165, 1.54) is 14.1 Å². The lowest BCUT2D eigenvalue weighted by atomic mass is 10.5. The minimum absolute atomic E-state index is 0.0268. The van der Waals surface area contributed by atoms with Crippen LogP contribution >= 0.6 is 12.8 Å². The third-order valence-electron chi connectivity index (χ3n) is 1.93. The number of aromatic nitrogens is 2. The zero-order valence-electron chi connectivity index (χ0n) is 8.17. The van der Waals surface area contributed by atoms with Crippen molar-refractivity contribution in [1.29, 1.82) is 0 Å². The molecule has 1 rings (SSSR count). The van der Waals surface area contributed by atoms with Crippen LogP contribution in [-0.4, -0.2) is 15.2 Å². The molecule has 1 aromatic heterocycles. The maximum atomic E-state index is 11.5. The molecule has 2 amide bonds. The second-order valence-corrected chi connectivity index (χ2v) is 3.29. The van der Waals surface area contributed by atoms with Crippen molar-refractivity contribution in [1.82, 2.24) is 9.13 Å². The Labute approximate surface area is 90.3 Å². The lowest BCUT2D eigenvalue weighted by Crippen LogP contribution is -2.40. The highest BCUT2D eigenvalue weighted by atomic mass is 32.1. The highest BCUT2D eigenvalue weighted by Crippen LogP contribution is 2.09. The molecule has 0 spiro atoms. The van der Waals surface area contributed by atoms with Gasteiger partial charge in [0.2, 0.25) is 0 Å². The molecule has 1 aromatic rings. The predicted molar refractivity (Wildman–Crippen MR) is 58.0 cm³/mol. The van der Waals surface area contributed by atoms with Crippen LogP contribution in [0.5, 0.6) is 0 Å². The van der Waals surface area contributed by atoms with Crippen LogP contribution in [0.15, 0.2) is 15.7 Å². The molecule has 0 saturated heterocycles. The third kappa shape index (κ3) is 1.89. The first-order chi connectivity index (χ1) is 6.86. The van der Waals surface area contributed by atoms with Crippen LogP contribution in [0.2, 0.25) is 0 Å². The van der Waals surface area contributed by atoms with Gasteiger partial charge in [-0.05, 0) is 0 Å². The summed E-state index contributed by atoms with van der Waals surface area (Å²) < 4.78 is 2.73. The van der Waals surface area contributed by atoms with E-state index in [-0.39, 0.29) is 5.82 Å². The first-order valence-corrected chi connectivity index (χ1v) is 4.31. The summed E-state index contributed by atoms with van der Waals surface area (Å²) in [5, 5.41) is 0. The SMILES string of the molecule is Cn1c(N(S)C(N)=O)cc(=O)n(C)c1=O. The first-order valence-electron chi connectivity index (χ1n) is 3.91. The summed E-state index contributed by atoms with van der Waals surface area (Å²) in [6.45, 7) is 0. The van der Waals surface area contributed by atoms with Crippen LogP contribution in [0, 0.1) is 0 Å². The van der Waals surface area contributed by atoms with Crippen LogP contribution in [0.3, 0.4) is 0 Å². The number of amides is 2. The summed E-state index contributed by atoms with van der Waals surface area (Å²) in [7, 11) is 2.74. The molecule has 82 valence electrons. The summed E-state index contributed by atoms with van der Waals surface area (Å²) in [5.41, 5.74) is 3.87. The number of nitrogens with zero attached hydrogens (tertiary/aromatic N) is 3. The van der Waals surface area contributed by atoms with E-state index in [2.05, 4.69) is 12.8 Å². The summed E-state index contributed by atoms with van der Waals surface area (Å²) >= 11 is 3.76. The van der Waals surface area contributed by atoms with Crippen molar-refractivity contribution in [2.45, 2.75) is 0 Å². The minimum atomic E-state index is -0.874. The lowest BCUT2D eigenvalue weighted by molar-refractivity contribution is 0.257. The standard InChI is InChI=1S/C7H10N4O3S/c1-9-4(11(15)6(8)13)3-5(12)10(2)7(9)14/h3,15H,1-2H3,(H2,8,13). The topological polar surface area (TPSA) is 90.3 Å². The second-order valence-electron chi connectivity index (χ2n) is 2.89. The Bertz CT molecular complexity index is 518. The molecule has 0 bridgehead atoms. The van der Waals surface area contributed by atoms with Crippen LogP contribution < -0.4 is 21.3 Å². The number of carbonyl (C=O) groups excluding carboxylic acids is 1. The molecule has 2 N–H and O–H groups in total. The van der Waals surface area contributed by atoms with Crippen molar-refractivity contribution in [2.24, 2.45) is 19.8 Å². The van der Waals surface area contributed by atoms with Gasteiger partial charge in [-0.1, -0.05) is 12.8 Å². The van der Waals surface area contributed by atoms with Crippen molar-refractivity contribution in [2.75, 3.05) is 4.31 Å². The van der Waals surface area contributed by atoms with E-state index in [1.54, 1.807) is 0 Å². The minimum Gasteiger partial charge on any atom is -0.350 e. The molecule has 0 aliphatic heterocycles. The molecule has 1 heterocycles. The molecule has 8 heteroatoms. The largest absolute Gasteiger partial charge is 0.350 e. The number of anilines is 1. The van der Waals surface area contributed by atoms with Crippen LogP contribution in [0.4, 0.5) is 10.6 Å². The number of rotatable bonds is 1. The van der Waals surface area contributed by atoms with E-state index in [1.807, 2.05) is 0 Å². The first kappa shape index (κ1) is 11.4. The molecule has 0 atom stereocenters. The molecule has 0 aromatic carbocycles. The number of hydrogen-bond donors (Lipinski definition) is 2. The third-order valence-corrected chi connectivity index (χ3v) is 2.33. The van der Waals surface area contributed by atoms with E-state index < -0.39 is 17.3 Å². The van der Waals surface area contributed by atoms with Crippen LogP contribution in [0.1, 0.15) is 0 Å². The molecule has 0 fully saturated rings. The second kappa shape index (κ2) is 3.81. The van der Waals surface area contributed by atoms with E-state index in [0.717, 1.165) is 19.5 Å². The molecule has 0 unspecified atom stereocenters. The van der Waals surface area contributed by atoms with Crippen molar-refractivity contribution in [3.63, 3.8) is 0 Å². The zero-order valence-corrected chi connectivity index (χ0v) is 9.06. The number of urea groups is 1. The molecule has 0 radical (unpaired) electrons. The van der Waals surface area contributed by atoms with Gasteiger partial charge in [-0.3, -0.25) is 13.9 Å². The molecule has 0 aliphatic carbocycles. The van der Waals surface area contributed by atoms with Gasteiger partial charge in [0.1, 0.15) is 5.82 Å². The highest BCUT2D eigenvalue weighted by Gasteiger charge is 2.14. The quantitative estimate of drug-likeness (QED) is 0.595. The number of carbonyl (C=O) groups is 1. The van der Waals surface area contributed by atoms with Gasteiger partial charge in [-0.2, -0.15) is 0 Å². The van der Waals surface area contributed by atoms with Gasteiger partial charge in [0.25, 0.3) is 5.56 Å². The monoisotopic (exact) mass is 230 g/mol. The average Bonchev–Trinajstić information content (AvgIpc) is 2.19. The Morgan fingerprint density at radius 2 is 1.93 bits per heavy atom. The summed E-state index contributed by atoms with van der Waals surface area (Å²) in [6.07, 6.45) is 0. The fraction of sp³-hybridized carbons (Fsp3) is 0.286. The highest BCUT2D eigenvalue weighted by molar-refractivity contribution is 7.82. The Morgan fingerprint density at radius 1 is 1.40 bits per heavy atom. The summed E-state index contributed by atoms with van der Waals surface area (Å²) in [4.78, 5) is 33.5. The Kier molecular flexibility index (Phi) is 2.89. The van der Waals surface area contributed by atoms with Crippen LogP contribution in [-0.2, 0) is 14.1 Å². The van der Waals surface area contributed by atoms with Crippen molar-refractivity contribution in [3.05, 3.63) is 26.9 Å². The van der Waals surface area contributed by atoms with Crippen molar-refractivity contribution >= 4 is 24.7 Å². The van der Waals surface area contributed by atoms with Gasteiger partial charge in [-0.15, -0.1) is 0 Å². The molecule has 0 saturated carbocycles. The summed E-state index contributed by atoms with van der Waals surface area (Å²) in [5.74, 6) is 0.0268. The number of hydrogen-bond acceptors (Lipinski definition) is 4. The Hall–Kier alpha value is -1.70. The fourth-order valence-corrected chi connectivity index (χ4v) is 1.23. The van der Waals surface area contributed by atoms with Crippen molar-refractivity contribution < 1.29 is 4.79 Å². The van der Waals surface area contributed by atoms with Gasteiger partial charge in [0, 0.05) is 20.2 Å². The Balaban J connectivity index is 3.53. The molecule has 0 aliphatic rings. The molecular weight excluding hydrogens is 220 g/mol. The lowest BCUT2D eigenvalue weighted by Gasteiger charge is -2.16. The van der Waals surface area contributed by atoms with E-state index in [4.69, 9.17) is 5.73 Å². The number of thiol groups is 1. The van der Waals surface area contributed by atoms with E-state index in [0.29, 0.717) is 0 Å². The maximum absolute atomic E-state index is 11.5. The average molecular weight is 230 g/mol. The predicted octanol–water partition coefficient (Wildman–Crippen LogP) is -1.19. The van der Waals surface area contributed by atoms with Gasteiger partial charge < -0.3 is 5.73 Å². The molecule has 7 nitrogen and oxygen atoms in total.